The predicted octanol–water partition coefficient (Wildman–Crippen LogP) is 6.01. The van der Waals surface area contributed by atoms with Crippen LogP contribution in [0.25, 0.3) is 11.0 Å². The zero-order valence-electron chi connectivity index (χ0n) is 20.9. The van der Waals surface area contributed by atoms with Crippen molar-refractivity contribution >= 4 is 16.9 Å². The first-order valence-electron chi connectivity index (χ1n) is 12.2. The van der Waals surface area contributed by atoms with E-state index in [9.17, 15) is 13.6 Å². The highest BCUT2D eigenvalue weighted by atomic mass is 19.1. The molecule has 0 bridgehead atoms. The molecule has 0 atom stereocenters. The van der Waals surface area contributed by atoms with Crippen LogP contribution in [0.5, 0.6) is 0 Å². The lowest BCUT2D eigenvalue weighted by atomic mass is 10.1. The summed E-state index contributed by atoms with van der Waals surface area (Å²) >= 11 is 0. The van der Waals surface area contributed by atoms with Gasteiger partial charge in [-0.2, -0.15) is 0 Å². The van der Waals surface area contributed by atoms with Gasteiger partial charge in [0.2, 0.25) is 0 Å². The predicted molar refractivity (Wildman–Crippen MR) is 133 cm³/mol. The lowest BCUT2D eigenvalue weighted by molar-refractivity contribution is 0.0732. The lowest BCUT2D eigenvalue weighted by Gasteiger charge is -2.24. The van der Waals surface area contributed by atoms with Crippen molar-refractivity contribution < 1.29 is 13.6 Å². The van der Waals surface area contributed by atoms with Crippen LogP contribution in [-0.2, 0) is 19.6 Å². The number of hydrogen-bond donors (Lipinski definition) is 0. The normalized spacial score (nSPS) is 11.7. The molecule has 5 nitrogen and oxygen atoms in total. The average Bonchev–Trinajstić information content (AvgIpc) is 3.14. The molecule has 0 aliphatic carbocycles. The molecule has 1 heterocycles. The molecule has 2 aromatic carbocycles. The molecule has 0 spiro atoms. The van der Waals surface area contributed by atoms with Crippen molar-refractivity contribution in [2.45, 2.75) is 73.1 Å². The largest absolute Gasteiger partial charge is 0.331 e. The molecule has 0 aliphatic heterocycles. The standard InChI is InChI=1S/C27H36F2N4O/c1-6-13-32(27(34)22-16-21(28)10-11-23(22)29)18-26-30-24-15-20(17-31(8-3)19(4)5)9-12-25(24)33(26)14-7-2/h9-12,15-16,19H,6-8,13-14,17-18H2,1-5H3. The zero-order valence-corrected chi connectivity index (χ0v) is 20.9. The van der Waals surface area contributed by atoms with E-state index in [1.54, 1.807) is 4.90 Å². The van der Waals surface area contributed by atoms with Crippen LogP contribution in [0.2, 0.25) is 0 Å². The van der Waals surface area contributed by atoms with E-state index < -0.39 is 17.5 Å². The lowest BCUT2D eigenvalue weighted by Crippen LogP contribution is -2.33. The maximum Gasteiger partial charge on any atom is 0.257 e. The first kappa shape index (κ1) is 25.8. The van der Waals surface area contributed by atoms with Crippen LogP contribution in [-0.4, -0.2) is 44.4 Å². The Kier molecular flexibility index (Phi) is 8.78. The molecule has 1 aromatic heterocycles. The number of carbonyl (C=O) groups excluding carboxylic acids is 1. The molecule has 1 amide bonds. The van der Waals surface area contributed by atoms with E-state index in [1.165, 1.54) is 5.56 Å². The van der Waals surface area contributed by atoms with Gasteiger partial charge in [-0.05, 0) is 69.1 Å². The Morgan fingerprint density at radius 3 is 2.44 bits per heavy atom. The van der Waals surface area contributed by atoms with E-state index >= 15 is 0 Å². The summed E-state index contributed by atoms with van der Waals surface area (Å²) in [5, 5.41) is 0. The third kappa shape index (κ3) is 5.81. The van der Waals surface area contributed by atoms with Gasteiger partial charge in [0.1, 0.15) is 17.5 Å². The second-order valence-electron chi connectivity index (χ2n) is 9.01. The van der Waals surface area contributed by atoms with Crippen molar-refractivity contribution in [3.8, 4) is 0 Å². The Bertz CT molecular complexity index is 1130. The number of aromatic nitrogens is 2. The molecule has 0 N–H and O–H groups in total. The minimum Gasteiger partial charge on any atom is -0.331 e. The fourth-order valence-electron chi connectivity index (χ4n) is 4.34. The Balaban J connectivity index is 1.96. The van der Waals surface area contributed by atoms with Gasteiger partial charge in [0.25, 0.3) is 5.91 Å². The first-order valence-corrected chi connectivity index (χ1v) is 12.2. The van der Waals surface area contributed by atoms with Gasteiger partial charge < -0.3 is 9.47 Å². The number of aryl methyl sites for hydroxylation is 1. The summed E-state index contributed by atoms with van der Waals surface area (Å²) in [7, 11) is 0. The highest BCUT2D eigenvalue weighted by Crippen LogP contribution is 2.22. The molecule has 0 saturated carbocycles. The van der Waals surface area contributed by atoms with Crippen molar-refractivity contribution in [3.63, 3.8) is 0 Å². The molecule has 0 radical (unpaired) electrons. The molecule has 0 unspecified atom stereocenters. The highest BCUT2D eigenvalue weighted by molar-refractivity contribution is 5.94. The quantitative estimate of drug-likeness (QED) is 0.345. The molecular weight excluding hydrogens is 434 g/mol. The Morgan fingerprint density at radius 2 is 1.79 bits per heavy atom. The summed E-state index contributed by atoms with van der Waals surface area (Å²) in [6.45, 7) is 13.8. The van der Waals surface area contributed by atoms with E-state index in [-0.39, 0.29) is 12.1 Å². The van der Waals surface area contributed by atoms with E-state index in [0.717, 1.165) is 61.1 Å². The maximum absolute atomic E-state index is 14.3. The van der Waals surface area contributed by atoms with Gasteiger partial charge in [0, 0.05) is 25.7 Å². The molecular formula is C27H36F2N4O. The number of benzene rings is 2. The number of amides is 1. The number of hydrogen-bond acceptors (Lipinski definition) is 3. The van der Waals surface area contributed by atoms with E-state index in [2.05, 4.69) is 55.4 Å². The summed E-state index contributed by atoms with van der Waals surface area (Å²) in [5.41, 5.74) is 2.86. The van der Waals surface area contributed by atoms with E-state index in [4.69, 9.17) is 4.98 Å². The fourth-order valence-corrected chi connectivity index (χ4v) is 4.34. The van der Waals surface area contributed by atoms with Gasteiger partial charge >= 0.3 is 0 Å². The Morgan fingerprint density at radius 1 is 1.03 bits per heavy atom. The molecule has 3 aromatic rings. The van der Waals surface area contributed by atoms with Gasteiger partial charge in [-0.1, -0.05) is 26.8 Å². The molecule has 0 saturated heterocycles. The molecule has 3 rings (SSSR count). The van der Waals surface area contributed by atoms with Crippen LogP contribution >= 0.6 is 0 Å². The summed E-state index contributed by atoms with van der Waals surface area (Å²) in [6, 6.07) is 9.80. The molecule has 184 valence electrons. The van der Waals surface area contributed by atoms with Crippen molar-refractivity contribution in [1.82, 2.24) is 19.4 Å². The van der Waals surface area contributed by atoms with Gasteiger partial charge in [-0.15, -0.1) is 0 Å². The minimum absolute atomic E-state index is 0.236. The second kappa shape index (κ2) is 11.6. The summed E-state index contributed by atoms with van der Waals surface area (Å²) < 4.78 is 30.2. The highest BCUT2D eigenvalue weighted by Gasteiger charge is 2.22. The molecule has 0 fully saturated rings. The van der Waals surface area contributed by atoms with Crippen LogP contribution in [0.1, 0.15) is 69.2 Å². The molecule has 7 heteroatoms. The van der Waals surface area contributed by atoms with Crippen LogP contribution in [0.3, 0.4) is 0 Å². The number of rotatable bonds is 11. The average molecular weight is 471 g/mol. The summed E-state index contributed by atoms with van der Waals surface area (Å²) in [6.07, 6.45) is 1.61. The molecule has 34 heavy (non-hydrogen) atoms. The van der Waals surface area contributed by atoms with E-state index in [1.807, 2.05) is 6.92 Å². The number of carbonyl (C=O) groups is 1. The number of imidazole rings is 1. The summed E-state index contributed by atoms with van der Waals surface area (Å²) in [5.74, 6) is -1.12. The molecule has 0 aliphatic rings. The van der Waals surface area contributed by atoms with Crippen molar-refractivity contribution in [1.29, 1.82) is 0 Å². The van der Waals surface area contributed by atoms with Crippen molar-refractivity contribution in [2.75, 3.05) is 13.1 Å². The van der Waals surface area contributed by atoms with Crippen LogP contribution in [0, 0.1) is 11.6 Å². The SMILES string of the molecule is CCCN(Cc1nc2cc(CN(CC)C(C)C)ccc2n1CCC)C(=O)c1cc(F)ccc1F. The third-order valence-electron chi connectivity index (χ3n) is 6.13. The van der Waals surface area contributed by atoms with E-state index in [0.29, 0.717) is 19.0 Å². The number of fused-ring (bicyclic) bond motifs is 1. The Labute approximate surface area is 201 Å². The second-order valence-corrected chi connectivity index (χ2v) is 9.01. The van der Waals surface area contributed by atoms with Gasteiger partial charge in [-0.3, -0.25) is 9.69 Å². The van der Waals surface area contributed by atoms with Crippen molar-refractivity contribution in [2.24, 2.45) is 0 Å². The summed E-state index contributed by atoms with van der Waals surface area (Å²) in [4.78, 5) is 22.0. The van der Waals surface area contributed by atoms with Gasteiger partial charge in [-0.25, -0.2) is 13.8 Å². The Hall–Kier alpha value is -2.80. The number of halogens is 2. The smallest absolute Gasteiger partial charge is 0.257 e. The fraction of sp³-hybridized carbons (Fsp3) is 0.481. The van der Waals surface area contributed by atoms with Gasteiger partial charge in [0.15, 0.2) is 0 Å². The van der Waals surface area contributed by atoms with Crippen LogP contribution in [0.4, 0.5) is 8.78 Å². The van der Waals surface area contributed by atoms with Gasteiger partial charge in [0.05, 0.1) is 23.1 Å². The zero-order chi connectivity index (χ0) is 24.8. The maximum atomic E-state index is 14.3. The van der Waals surface area contributed by atoms with Crippen molar-refractivity contribution in [3.05, 3.63) is 65.0 Å². The number of nitrogens with zero attached hydrogens (tertiary/aromatic N) is 4. The monoisotopic (exact) mass is 470 g/mol. The third-order valence-corrected chi connectivity index (χ3v) is 6.13. The topological polar surface area (TPSA) is 41.4 Å². The first-order chi connectivity index (χ1) is 16.3. The van der Waals surface area contributed by atoms with Crippen LogP contribution in [0.15, 0.2) is 36.4 Å². The minimum atomic E-state index is -0.718. The van der Waals surface area contributed by atoms with Crippen LogP contribution < -0.4 is 0 Å².